The molecule has 0 radical (unpaired) electrons. The highest BCUT2D eigenvalue weighted by Crippen LogP contribution is 2.46. The van der Waals surface area contributed by atoms with Gasteiger partial charge in [0, 0.05) is 22.8 Å². The van der Waals surface area contributed by atoms with Crippen molar-refractivity contribution in [1.29, 1.82) is 0 Å². The molecule has 9 nitrogen and oxygen atoms in total. The lowest BCUT2D eigenvalue weighted by Gasteiger charge is -2.23. The number of fused-ring (bicyclic) bond motifs is 1. The van der Waals surface area contributed by atoms with Crippen molar-refractivity contribution in [3.63, 3.8) is 0 Å². The molecule has 3 aromatic carbocycles. The topological polar surface area (TPSA) is 111 Å². The Kier molecular flexibility index (Phi) is 8.04. The molecule has 3 heterocycles. The van der Waals surface area contributed by atoms with E-state index in [1.54, 1.807) is 36.4 Å². The second-order valence-corrected chi connectivity index (χ2v) is 12.6. The second-order valence-electron chi connectivity index (χ2n) is 10.0. The van der Waals surface area contributed by atoms with Crippen LogP contribution in [0.5, 0.6) is 17.2 Å². The number of carbonyl (C=O) groups is 2. The Morgan fingerprint density at radius 2 is 1.84 bits per heavy atom. The maximum Gasteiger partial charge on any atom is 0.301 e. The number of aliphatic hydroxyl groups excluding tert-OH is 1. The van der Waals surface area contributed by atoms with Gasteiger partial charge in [-0.25, -0.2) is 0 Å². The third kappa shape index (κ3) is 5.55. The minimum atomic E-state index is -0.995. The van der Waals surface area contributed by atoms with Crippen LogP contribution in [0.3, 0.4) is 0 Å². The zero-order chi connectivity index (χ0) is 30.2. The summed E-state index contributed by atoms with van der Waals surface area (Å²) in [6, 6.07) is 16.9. The van der Waals surface area contributed by atoms with Gasteiger partial charge < -0.3 is 19.3 Å². The minimum absolute atomic E-state index is 0.00824. The first-order valence-corrected chi connectivity index (χ1v) is 15.5. The van der Waals surface area contributed by atoms with Crippen molar-refractivity contribution in [2.45, 2.75) is 35.6 Å². The van der Waals surface area contributed by atoms with Crippen LogP contribution in [-0.4, -0.2) is 47.3 Å². The van der Waals surface area contributed by atoms with Crippen LogP contribution >= 0.6 is 34.7 Å². The smallest absolute Gasteiger partial charge is 0.301 e. The number of rotatable bonds is 8. The molecular formula is C31H26ClN3O6S2. The third-order valence-corrected chi connectivity index (χ3v) is 9.59. The Morgan fingerprint density at radius 3 is 2.58 bits per heavy atom. The van der Waals surface area contributed by atoms with Crippen LogP contribution in [0.15, 0.2) is 70.6 Å². The fraction of sp³-hybridized carbons (Fsp3) is 0.226. The van der Waals surface area contributed by atoms with E-state index in [-0.39, 0.29) is 22.6 Å². The van der Waals surface area contributed by atoms with E-state index in [0.29, 0.717) is 44.2 Å². The van der Waals surface area contributed by atoms with Gasteiger partial charge in [0.1, 0.15) is 17.6 Å². The molecule has 2 aliphatic heterocycles. The average molecular weight is 636 g/mol. The number of aliphatic hydroxyl groups is 1. The van der Waals surface area contributed by atoms with Crippen molar-refractivity contribution in [3.05, 3.63) is 93.5 Å². The van der Waals surface area contributed by atoms with Crippen LogP contribution in [0.25, 0.3) is 5.76 Å². The molecule has 4 aromatic rings. The number of methoxy groups -OCH3 is 2. The van der Waals surface area contributed by atoms with Crippen molar-refractivity contribution in [2.75, 3.05) is 19.1 Å². The lowest BCUT2D eigenvalue weighted by atomic mass is 9.94. The zero-order valence-electron chi connectivity index (χ0n) is 23.4. The molecule has 0 bridgehead atoms. The van der Waals surface area contributed by atoms with E-state index in [0.717, 1.165) is 16.9 Å². The van der Waals surface area contributed by atoms with Gasteiger partial charge in [-0.3, -0.25) is 14.5 Å². The van der Waals surface area contributed by atoms with Crippen LogP contribution in [0, 0.1) is 0 Å². The van der Waals surface area contributed by atoms with Gasteiger partial charge in [0.25, 0.3) is 5.78 Å². The number of benzene rings is 3. The molecule has 2 atom stereocenters. The quantitative estimate of drug-likeness (QED) is 0.0767. The van der Waals surface area contributed by atoms with Crippen molar-refractivity contribution in [1.82, 2.24) is 10.2 Å². The zero-order valence-corrected chi connectivity index (χ0v) is 25.8. The number of carbonyl (C=O) groups excluding carboxylic acids is 2. The molecule has 2 unspecified atom stereocenters. The molecule has 1 aromatic heterocycles. The van der Waals surface area contributed by atoms with Crippen molar-refractivity contribution in [3.8, 4) is 17.2 Å². The van der Waals surface area contributed by atoms with E-state index in [9.17, 15) is 14.7 Å². The Bertz CT molecular complexity index is 1760. The standard InChI is InChI=1S/C31H26ClN3O6S2/c1-16-12-20-13-19(7-10-22(20)41-16)27(36)25-26(18-6-11-23(39-2)24(14-18)40-3)35(29(38)28(25)37)30-33-34-31(43-30)42-15-17-4-8-21(32)9-5-17/h4-11,13-14,16,26,36H,12,15H2,1-3H3/b27-25+. The number of anilines is 1. The summed E-state index contributed by atoms with van der Waals surface area (Å²) in [6.07, 6.45) is 0.680. The lowest BCUT2D eigenvalue weighted by Crippen LogP contribution is -2.29. The number of Topliss-reactive ketones (excluding diaryl/α,β-unsaturated/α-hetero) is 1. The minimum Gasteiger partial charge on any atom is -0.507 e. The van der Waals surface area contributed by atoms with Gasteiger partial charge in [0.15, 0.2) is 15.8 Å². The van der Waals surface area contributed by atoms with Crippen LogP contribution in [0.2, 0.25) is 5.02 Å². The van der Waals surface area contributed by atoms with E-state index in [1.165, 1.54) is 42.2 Å². The van der Waals surface area contributed by atoms with Crippen LogP contribution in [0.4, 0.5) is 5.13 Å². The van der Waals surface area contributed by atoms with Crippen molar-refractivity contribution < 1.29 is 28.9 Å². The normalized spacial score (nSPS) is 18.9. The highest BCUT2D eigenvalue weighted by atomic mass is 35.5. The van der Waals surface area contributed by atoms with Crippen molar-refractivity contribution in [2.24, 2.45) is 0 Å². The highest BCUT2D eigenvalue weighted by molar-refractivity contribution is 8.00. The molecule has 6 rings (SSSR count). The van der Waals surface area contributed by atoms with Gasteiger partial charge in [-0.1, -0.05) is 52.9 Å². The summed E-state index contributed by atoms with van der Waals surface area (Å²) in [4.78, 5) is 28.6. The fourth-order valence-corrected chi connectivity index (χ4v) is 7.13. The molecule has 43 heavy (non-hydrogen) atoms. The largest absolute Gasteiger partial charge is 0.507 e. The molecule has 12 heteroatoms. The molecule has 0 spiro atoms. The molecule has 1 N–H and O–H groups in total. The monoisotopic (exact) mass is 635 g/mol. The lowest BCUT2D eigenvalue weighted by molar-refractivity contribution is -0.132. The number of thioether (sulfide) groups is 1. The number of aromatic nitrogens is 2. The summed E-state index contributed by atoms with van der Waals surface area (Å²) >= 11 is 8.64. The fourth-order valence-electron chi connectivity index (χ4n) is 5.18. The Balaban J connectivity index is 1.41. The average Bonchev–Trinajstić information content (AvgIpc) is 3.70. The number of hydrogen-bond acceptors (Lipinski definition) is 10. The third-order valence-electron chi connectivity index (χ3n) is 7.21. The molecule has 220 valence electrons. The molecule has 1 saturated heterocycles. The summed E-state index contributed by atoms with van der Waals surface area (Å²) in [5, 5.41) is 21.1. The first kappa shape index (κ1) is 29.0. The maximum atomic E-state index is 13.6. The Hall–Kier alpha value is -4.06. The van der Waals surface area contributed by atoms with Crippen LogP contribution < -0.4 is 19.1 Å². The van der Waals surface area contributed by atoms with E-state index in [2.05, 4.69) is 10.2 Å². The summed E-state index contributed by atoms with van der Waals surface area (Å²) in [5.74, 6) is 0.310. The predicted octanol–water partition coefficient (Wildman–Crippen LogP) is 6.45. The van der Waals surface area contributed by atoms with Gasteiger partial charge in [-0.05, 0) is 66.1 Å². The van der Waals surface area contributed by atoms with Gasteiger partial charge in [0.05, 0.1) is 25.8 Å². The number of ether oxygens (including phenoxy) is 3. The number of halogens is 1. The molecule has 2 aliphatic rings. The first-order chi connectivity index (χ1) is 20.8. The van der Waals surface area contributed by atoms with E-state index in [1.807, 2.05) is 31.2 Å². The van der Waals surface area contributed by atoms with E-state index >= 15 is 0 Å². The maximum absolute atomic E-state index is 13.6. The number of ketones is 1. The van der Waals surface area contributed by atoms with E-state index in [4.69, 9.17) is 25.8 Å². The van der Waals surface area contributed by atoms with Gasteiger partial charge in [0.2, 0.25) is 5.13 Å². The molecule has 1 fully saturated rings. The number of hydrogen-bond donors (Lipinski definition) is 1. The summed E-state index contributed by atoms with van der Waals surface area (Å²) in [5.41, 5.74) is 2.85. The molecule has 1 amide bonds. The molecule has 0 aliphatic carbocycles. The summed E-state index contributed by atoms with van der Waals surface area (Å²) in [6.45, 7) is 1.96. The number of nitrogens with zero attached hydrogens (tertiary/aromatic N) is 3. The summed E-state index contributed by atoms with van der Waals surface area (Å²) < 4.78 is 17.3. The summed E-state index contributed by atoms with van der Waals surface area (Å²) in [7, 11) is 3.02. The van der Waals surface area contributed by atoms with E-state index < -0.39 is 17.7 Å². The van der Waals surface area contributed by atoms with Crippen LogP contribution in [-0.2, 0) is 21.8 Å². The molecular weight excluding hydrogens is 610 g/mol. The molecule has 0 saturated carbocycles. The number of amides is 1. The first-order valence-electron chi connectivity index (χ1n) is 13.3. The van der Waals surface area contributed by atoms with Gasteiger partial charge in [-0.2, -0.15) is 0 Å². The highest BCUT2D eigenvalue weighted by Gasteiger charge is 2.48. The van der Waals surface area contributed by atoms with Crippen LogP contribution in [0.1, 0.15) is 35.2 Å². The predicted molar refractivity (Wildman–Crippen MR) is 165 cm³/mol. The van der Waals surface area contributed by atoms with Gasteiger partial charge >= 0.3 is 5.91 Å². The van der Waals surface area contributed by atoms with Crippen molar-refractivity contribution >= 4 is 57.3 Å². The SMILES string of the molecule is COc1ccc(C2/C(=C(\O)c3ccc4c(c3)CC(C)O4)C(=O)C(=O)N2c2nnc(SCc3ccc(Cl)cc3)s2)cc1OC. The second kappa shape index (κ2) is 11.9. The Labute approximate surface area is 261 Å². The Morgan fingerprint density at radius 1 is 1.07 bits per heavy atom. The van der Waals surface area contributed by atoms with Gasteiger partial charge in [-0.15, -0.1) is 10.2 Å².